The quantitative estimate of drug-likeness (QED) is 0.568. The number of hydrogen-bond donors (Lipinski definition) is 1. The Morgan fingerprint density at radius 3 is 2.63 bits per heavy atom. The fourth-order valence-electron chi connectivity index (χ4n) is 3.29. The summed E-state index contributed by atoms with van der Waals surface area (Å²) in [5.74, 6) is 0.590. The smallest absolute Gasteiger partial charge is 0.230 e. The molecule has 1 aromatic heterocycles. The third kappa shape index (κ3) is 4.68. The van der Waals surface area contributed by atoms with Crippen LogP contribution < -0.4 is 15.0 Å². The van der Waals surface area contributed by atoms with Crippen LogP contribution in [0.25, 0.3) is 0 Å². The lowest BCUT2D eigenvalue weighted by atomic mass is 10.1. The molecule has 7 nitrogen and oxygen atoms in total. The standard InChI is InChI=1S/C21H19BrN4O3S/c1-29-17-8-6-16(7-9-17)26-12-14(11-19(26)28)20-24-25-21(30-20)23-18(27)10-13-2-4-15(22)5-3-13/h2-9,14H,10-12H2,1H3,(H,23,25,27). The molecule has 1 unspecified atom stereocenters. The zero-order valence-electron chi connectivity index (χ0n) is 16.2. The molecule has 3 aromatic rings. The average Bonchev–Trinajstić information content (AvgIpc) is 3.36. The number of carbonyl (C=O) groups is 2. The van der Waals surface area contributed by atoms with Crippen LogP contribution in [-0.2, 0) is 16.0 Å². The van der Waals surface area contributed by atoms with Crippen molar-refractivity contribution in [3.05, 3.63) is 63.6 Å². The summed E-state index contributed by atoms with van der Waals surface area (Å²) >= 11 is 4.70. The van der Waals surface area contributed by atoms with Gasteiger partial charge in [0.25, 0.3) is 0 Å². The number of halogens is 1. The first-order valence-corrected chi connectivity index (χ1v) is 10.9. The predicted molar refractivity (Wildman–Crippen MR) is 119 cm³/mol. The molecule has 1 fully saturated rings. The zero-order chi connectivity index (χ0) is 21.1. The third-order valence-corrected chi connectivity index (χ3v) is 6.35. The minimum Gasteiger partial charge on any atom is -0.497 e. The van der Waals surface area contributed by atoms with Gasteiger partial charge in [0.05, 0.1) is 13.5 Å². The summed E-state index contributed by atoms with van der Waals surface area (Å²) in [5.41, 5.74) is 1.74. The number of anilines is 2. The highest BCUT2D eigenvalue weighted by Gasteiger charge is 2.34. The molecule has 4 rings (SSSR count). The van der Waals surface area contributed by atoms with Crippen LogP contribution >= 0.6 is 27.3 Å². The summed E-state index contributed by atoms with van der Waals surface area (Å²) in [5, 5.41) is 12.3. The highest BCUT2D eigenvalue weighted by molar-refractivity contribution is 9.10. The van der Waals surface area contributed by atoms with Crippen molar-refractivity contribution in [1.82, 2.24) is 10.2 Å². The molecule has 0 bridgehead atoms. The Balaban J connectivity index is 1.38. The summed E-state index contributed by atoms with van der Waals surface area (Å²) in [6, 6.07) is 15.0. The molecule has 154 valence electrons. The van der Waals surface area contributed by atoms with E-state index in [0.717, 1.165) is 26.5 Å². The predicted octanol–water partition coefficient (Wildman–Crippen LogP) is 4.01. The number of nitrogens with one attached hydrogen (secondary N) is 1. The van der Waals surface area contributed by atoms with Gasteiger partial charge in [-0.25, -0.2) is 0 Å². The van der Waals surface area contributed by atoms with Gasteiger partial charge in [-0.05, 0) is 42.0 Å². The maximum absolute atomic E-state index is 12.5. The molecule has 9 heteroatoms. The molecule has 2 heterocycles. The van der Waals surface area contributed by atoms with Crippen molar-refractivity contribution in [2.75, 3.05) is 23.9 Å². The molecule has 0 spiro atoms. The molecule has 30 heavy (non-hydrogen) atoms. The Bertz CT molecular complexity index is 1050. The van der Waals surface area contributed by atoms with E-state index in [0.29, 0.717) is 18.1 Å². The van der Waals surface area contributed by atoms with Crippen LogP contribution in [-0.4, -0.2) is 35.7 Å². The first kappa shape index (κ1) is 20.5. The fourth-order valence-corrected chi connectivity index (χ4v) is 4.40. The van der Waals surface area contributed by atoms with E-state index < -0.39 is 0 Å². The minimum atomic E-state index is -0.151. The Morgan fingerprint density at radius 1 is 1.20 bits per heavy atom. The summed E-state index contributed by atoms with van der Waals surface area (Å²) in [4.78, 5) is 26.5. The molecule has 1 aliphatic heterocycles. The SMILES string of the molecule is COc1ccc(N2CC(c3nnc(NC(=O)Cc4ccc(Br)cc4)s3)CC2=O)cc1. The molecule has 0 saturated carbocycles. The molecule has 0 radical (unpaired) electrons. The first-order valence-electron chi connectivity index (χ1n) is 9.34. The van der Waals surface area contributed by atoms with Crippen LogP contribution in [0.1, 0.15) is 22.9 Å². The monoisotopic (exact) mass is 486 g/mol. The Kier molecular flexibility index (Phi) is 6.10. The van der Waals surface area contributed by atoms with Gasteiger partial charge < -0.3 is 15.0 Å². The molecule has 2 amide bonds. The van der Waals surface area contributed by atoms with Gasteiger partial charge in [-0.1, -0.05) is 39.4 Å². The first-order chi connectivity index (χ1) is 14.5. The number of ether oxygens (including phenoxy) is 1. The van der Waals surface area contributed by atoms with Gasteiger partial charge in [-0.15, -0.1) is 10.2 Å². The molecular formula is C21H19BrN4O3S. The van der Waals surface area contributed by atoms with Crippen LogP contribution in [0.5, 0.6) is 5.75 Å². The van der Waals surface area contributed by atoms with E-state index in [1.54, 1.807) is 12.0 Å². The van der Waals surface area contributed by atoms with Gasteiger partial charge in [0.1, 0.15) is 10.8 Å². The van der Waals surface area contributed by atoms with E-state index in [1.807, 2.05) is 48.5 Å². The average molecular weight is 487 g/mol. The van der Waals surface area contributed by atoms with Gasteiger partial charge in [-0.2, -0.15) is 0 Å². The molecule has 1 N–H and O–H groups in total. The Labute approximate surface area is 186 Å². The van der Waals surface area contributed by atoms with Crippen molar-refractivity contribution < 1.29 is 14.3 Å². The number of rotatable bonds is 6. The largest absolute Gasteiger partial charge is 0.497 e. The second-order valence-electron chi connectivity index (χ2n) is 6.90. The van der Waals surface area contributed by atoms with Crippen molar-refractivity contribution in [2.45, 2.75) is 18.8 Å². The van der Waals surface area contributed by atoms with E-state index in [9.17, 15) is 9.59 Å². The molecular weight excluding hydrogens is 468 g/mol. The molecule has 0 aliphatic carbocycles. The summed E-state index contributed by atoms with van der Waals surface area (Å²) < 4.78 is 6.14. The Morgan fingerprint density at radius 2 is 1.93 bits per heavy atom. The Hall–Kier alpha value is -2.78. The summed E-state index contributed by atoms with van der Waals surface area (Å²) in [6.07, 6.45) is 0.628. The number of hydrogen-bond acceptors (Lipinski definition) is 6. The molecule has 1 atom stereocenters. The van der Waals surface area contributed by atoms with Crippen LogP contribution in [0.15, 0.2) is 53.0 Å². The zero-order valence-corrected chi connectivity index (χ0v) is 18.6. The molecule has 2 aromatic carbocycles. The van der Waals surface area contributed by atoms with Crippen LogP contribution in [0.3, 0.4) is 0 Å². The number of carbonyl (C=O) groups excluding carboxylic acids is 2. The van der Waals surface area contributed by atoms with Crippen molar-refractivity contribution in [1.29, 1.82) is 0 Å². The van der Waals surface area contributed by atoms with E-state index in [2.05, 4.69) is 31.4 Å². The molecule has 1 aliphatic rings. The van der Waals surface area contributed by atoms with Gasteiger partial charge >= 0.3 is 0 Å². The number of amides is 2. The van der Waals surface area contributed by atoms with Crippen molar-refractivity contribution >= 4 is 49.9 Å². The van der Waals surface area contributed by atoms with E-state index in [4.69, 9.17) is 4.74 Å². The number of benzene rings is 2. The van der Waals surface area contributed by atoms with Crippen molar-refractivity contribution in [2.24, 2.45) is 0 Å². The highest BCUT2D eigenvalue weighted by atomic mass is 79.9. The van der Waals surface area contributed by atoms with Gasteiger partial charge in [-0.3, -0.25) is 9.59 Å². The minimum absolute atomic E-state index is 0.0428. The van der Waals surface area contributed by atoms with Crippen molar-refractivity contribution in [3.63, 3.8) is 0 Å². The lowest BCUT2D eigenvalue weighted by molar-refractivity contribution is -0.117. The highest BCUT2D eigenvalue weighted by Crippen LogP contribution is 2.34. The van der Waals surface area contributed by atoms with E-state index in [-0.39, 0.29) is 24.2 Å². The van der Waals surface area contributed by atoms with E-state index >= 15 is 0 Å². The normalized spacial score (nSPS) is 16.0. The lowest BCUT2D eigenvalue weighted by Crippen LogP contribution is -2.24. The number of aromatic nitrogens is 2. The lowest BCUT2D eigenvalue weighted by Gasteiger charge is -2.16. The van der Waals surface area contributed by atoms with Gasteiger partial charge in [0, 0.05) is 29.0 Å². The summed E-state index contributed by atoms with van der Waals surface area (Å²) in [7, 11) is 1.61. The maximum atomic E-state index is 12.5. The second-order valence-corrected chi connectivity index (χ2v) is 8.83. The third-order valence-electron chi connectivity index (χ3n) is 4.82. The summed E-state index contributed by atoms with van der Waals surface area (Å²) in [6.45, 7) is 0.534. The number of methoxy groups -OCH3 is 1. The van der Waals surface area contributed by atoms with Crippen molar-refractivity contribution in [3.8, 4) is 5.75 Å². The topological polar surface area (TPSA) is 84.4 Å². The van der Waals surface area contributed by atoms with Crippen LogP contribution in [0.2, 0.25) is 0 Å². The number of nitrogens with zero attached hydrogens (tertiary/aromatic N) is 3. The van der Waals surface area contributed by atoms with Gasteiger partial charge in [0.15, 0.2) is 0 Å². The molecule has 1 saturated heterocycles. The van der Waals surface area contributed by atoms with Crippen LogP contribution in [0, 0.1) is 0 Å². The van der Waals surface area contributed by atoms with E-state index in [1.165, 1.54) is 11.3 Å². The fraction of sp³-hybridized carbons (Fsp3) is 0.238. The van der Waals surface area contributed by atoms with Crippen LogP contribution in [0.4, 0.5) is 10.8 Å². The second kappa shape index (κ2) is 8.93. The maximum Gasteiger partial charge on any atom is 0.230 e. The van der Waals surface area contributed by atoms with Gasteiger partial charge in [0.2, 0.25) is 16.9 Å².